The molecule has 1 aromatic carbocycles. The molecule has 0 amide bonds. The summed E-state index contributed by atoms with van der Waals surface area (Å²) in [5, 5.41) is 8.87. The summed E-state index contributed by atoms with van der Waals surface area (Å²) in [4.78, 5) is 22.9. The predicted octanol–water partition coefficient (Wildman–Crippen LogP) is 1.73. The highest BCUT2D eigenvalue weighted by atomic mass is 16.6. The molecule has 0 aliphatic carbocycles. The third kappa shape index (κ3) is 3.96. The Morgan fingerprint density at radius 1 is 1.30 bits per heavy atom. The van der Waals surface area contributed by atoms with Crippen LogP contribution in [0.2, 0.25) is 0 Å². The molecular weight excluding hydrogens is 262 g/mol. The molecule has 1 aromatic rings. The molecule has 3 N–H and O–H groups in total. The SMILES string of the molecule is COc1cc(C(N)C(=O)O)ccc1C(=O)OC(C)(C)C. The van der Waals surface area contributed by atoms with Crippen molar-refractivity contribution in [3.63, 3.8) is 0 Å². The first-order valence-corrected chi connectivity index (χ1v) is 6.05. The first kappa shape index (κ1) is 16.0. The van der Waals surface area contributed by atoms with E-state index >= 15 is 0 Å². The Kier molecular flexibility index (Phi) is 4.73. The van der Waals surface area contributed by atoms with E-state index in [0.717, 1.165) is 0 Å². The van der Waals surface area contributed by atoms with Gasteiger partial charge in [-0.05, 0) is 38.5 Å². The average molecular weight is 281 g/mol. The summed E-state index contributed by atoms with van der Waals surface area (Å²) in [6.45, 7) is 5.27. The summed E-state index contributed by atoms with van der Waals surface area (Å²) in [6, 6.07) is 3.18. The Labute approximate surface area is 117 Å². The second kappa shape index (κ2) is 5.92. The van der Waals surface area contributed by atoms with Crippen molar-refractivity contribution in [2.75, 3.05) is 7.11 Å². The predicted molar refractivity (Wildman–Crippen MR) is 72.7 cm³/mol. The molecule has 1 unspecified atom stereocenters. The summed E-state index contributed by atoms with van der Waals surface area (Å²) in [7, 11) is 1.39. The van der Waals surface area contributed by atoms with Crippen LogP contribution in [0.15, 0.2) is 18.2 Å². The van der Waals surface area contributed by atoms with Crippen molar-refractivity contribution in [3.8, 4) is 5.75 Å². The third-order valence-corrected chi connectivity index (χ3v) is 2.47. The van der Waals surface area contributed by atoms with E-state index in [2.05, 4.69) is 0 Å². The van der Waals surface area contributed by atoms with Crippen molar-refractivity contribution in [3.05, 3.63) is 29.3 Å². The topological polar surface area (TPSA) is 98.9 Å². The number of benzene rings is 1. The van der Waals surface area contributed by atoms with Crippen molar-refractivity contribution >= 4 is 11.9 Å². The van der Waals surface area contributed by atoms with E-state index in [-0.39, 0.29) is 11.3 Å². The Morgan fingerprint density at radius 2 is 1.90 bits per heavy atom. The number of hydrogen-bond acceptors (Lipinski definition) is 5. The van der Waals surface area contributed by atoms with Gasteiger partial charge in [0.1, 0.15) is 23.0 Å². The molecule has 0 radical (unpaired) electrons. The van der Waals surface area contributed by atoms with E-state index in [4.69, 9.17) is 20.3 Å². The van der Waals surface area contributed by atoms with Gasteiger partial charge in [-0.25, -0.2) is 4.79 Å². The lowest BCUT2D eigenvalue weighted by molar-refractivity contribution is -0.138. The first-order valence-electron chi connectivity index (χ1n) is 6.05. The van der Waals surface area contributed by atoms with Crippen LogP contribution in [0, 0.1) is 0 Å². The minimum Gasteiger partial charge on any atom is -0.496 e. The number of esters is 1. The Hall–Kier alpha value is -2.08. The van der Waals surface area contributed by atoms with Crippen LogP contribution in [0.1, 0.15) is 42.7 Å². The lowest BCUT2D eigenvalue weighted by Gasteiger charge is -2.20. The van der Waals surface area contributed by atoms with Gasteiger partial charge in [-0.3, -0.25) is 4.79 Å². The normalized spacial score (nSPS) is 12.7. The quantitative estimate of drug-likeness (QED) is 0.815. The highest BCUT2D eigenvalue weighted by Crippen LogP contribution is 2.25. The zero-order valence-corrected chi connectivity index (χ0v) is 12.0. The van der Waals surface area contributed by atoms with Crippen LogP contribution in [0.3, 0.4) is 0 Å². The van der Waals surface area contributed by atoms with Gasteiger partial charge < -0.3 is 20.3 Å². The van der Waals surface area contributed by atoms with Gasteiger partial charge in [0.15, 0.2) is 0 Å². The largest absolute Gasteiger partial charge is 0.496 e. The molecule has 0 bridgehead atoms. The number of carboxylic acids is 1. The fourth-order valence-corrected chi connectivity index (χ4v) is 1.55. The number of hydrogen-bond donors (Lipinski definition) is 2. The van der Waals surface area contributed by atoms with Crippen molar-refractivity contribution in [2.24, 2.45) is 5.73 Å². The number of nitrogens with two attached hydrogens (primary N) is 1. The molecule has 6 heteroatoms. The van der Waals surface area contributed by atoms with Gasteiger partial charge in [-0.1, -0.05) is 6.07 Å². The molecule has 110 valence electrons. The Balaban J connectivity index is 3.11. The van der Waals surface area contributed by atoms with Crippen LogP contribution >= 0.6 is 0 Å². The molecule has 0 saturated heterocycles. The average Bonchev–Trinajstić information content (AvgIpc) is 2.34. The van der Waals surface area contributed by atoms with E-state index in [1.54, 1.807) is 20.8 Å². The summed E-state index contributed by atoms with van der Waals surface area (Å²) >= 11 is 0. The van der Waals surface area contributed by atoms with Gasteiger partial charge >= 0.3 is 11.9 Å². The number of aliphatic carboxylic acids is 1. The molecule has 1 rings (SSSR count). The Morgan fingerprint density at radius 3 is 2.35 bits per heavy atom. The van der Waals surface area contributed by atoms with Crippen LogP contribution in [0.4, 0.5) is 0 Å². The maximum atomic E-state index is 12.0. The Bertz CT molecular complexity index is 519. The lowest BCUT2D eigenvalue weighted by atomic mass is 10.0. The minimum absolute atomic E-state index is 0.226. The zero-order valence-electron chi connectivity index (χ0n) is 12.0. The van der Waals surface area contributed by atoms with E-state index < -0.39 is 23.6 Å². The summed E-state index contributed by atoms with van der Waals surface area (Å²) in [5.74, 6) is -1.46. The fourth-order valence-electron chi connectivity index (χ4n) is 1.55. The molecule has 1 atom stereocenters. The van der Waals surface area contributed by atoms with Crippen LogP contribution in [-0.2, 0) is 9.53 Å². The summed E-state index contributed by atoms with van der Waals surface area (Å²) < 4.78 is 10.3. The van der Waals surface area contributed by atoms with Crippen LogP contribution < -0.4 is 10.5 Å². The van der Waals surface area contributed by atoms with Gasteiger partial charge in [0.05, 0.1) is 7.11 Å². The smallest absolute Gasteiger partial charge is 0.342 e. The number of carboxylic acid groups (broad SMARTS) is 1. The molecule has 6 nitrogen and oxygen atoms in total. The van der Waals surface area contributed by atoms with Crippen LogP contribution in [0.5, 0.6) is 5.75 Å². The molecule has 20 heavy (non-hydrogen) atoms. The monoisotopic (exact) mass is 281 g/mol. The highest BCUT2D eigenvalue weighted by Gasteiger charge is 2.23. The van der Waals surface area contributed by atoms with Crippen molar-refractivity contribution in [1.82, 2.24) is 0 Å². The van der Waals surface area contributed by atoms with Crippen LogP contribution in [0.25, 0.3) is 0 Å². The maximum Gasteiger partial charge on any atom is 0.342 e. The van der Waals surface area contributed by atoms with Gasteiger partial charge in [0.2, 0.25) is 0 Å². The van der Waals surface area contributed by atoms with E-state index in [9.17, 15) is 9.59 Å². The summed E-state index contributed by atoms with van der Waals surface area (Å²) in [6.07, 6.45) is 0. The standard InChI is InChI=1S/C14H19NO5/c1-14(2,3)20-13(18)9-6-5-8(7-10(9)19-4)11(15)12(16)17/h5-7,11H,15H2,1-4H3,(H,16,17). The molecule has 0 aliphatic heterocycles. The molecule has 0 aliphatic rings. The lowest BCUT2D eigenvalue weighted by Crippen LogP contribution is -2.24. The zero-order chi connectivity index (χ0) is 15.5. The van der Waals surface area contributed by atoms with Crippen molar-refractivity contribution < 1.29 is 24.2 Å². The molecule has 0 aromatic heterocycles. The molecule has 0 saturated carbocycles. The third-order valence-electron chi connectivity index (χ3n) is 2.47. The number of carbonyl (C=O) groups is 2. The van der Waals surface area contributed by atoms with Gasteiger partial charge in [0, 0.05) is 0 Å². The summed E-state index contributed by atoms with van der Waals surface area (Å²) in [5.41, 5.74) is 5.47. The van der Waals surface area contributed by atoms with Crippen LogP contribution in [-0.4, -0.2) is 29.8 Å². The van der Waals surface area contributed by atoms with E-state index in [0.29, 0.717) is 5.56 Å². The van der Waals surface area contributed by atoms with Gasteiger partial charge in [-0.15, -0.1) is 0 Å². The van der Waals surface area contributed by atoms with Crippen molar-refractivity contribution in [2.45, 2.75) is 32.4 Å². The van der Waals surface area contributed by atoms with Gasteiger partial charge in [-0.2, -0.15) is 0 Å². The number of carbonyl (C=O) groups excluding carboxylic acids is 1. The molecular formula is C14H19NO5. The fraction of sp³-hybridized carbons (Fsp3) is 0.429. The number of ether oxygens (including phenoxy) is 2. The highest BCUT2D eigenvalue weighted by molar-refractivity contribution is 5.93. The van der Waals surface area contributed by atoms with Gasteiger partial charge in [0.25, 0.3) is 0 Å². The molecule has 0 heterocycles. The van der Waals surface area contributed by atoms with E-state index in [1.165, 1.54) is 25.3 Å². The van der Waals surface area contributed by atoms with E-state index in [1.807, 2.05) is 0 Å². The van der Waals surface area contributed by atoms with Crippen molar-refractivity contribution in [1.29, 1.82) is 0 Å². The number of methoxy groups -OCH3 is 1. The second-order valence-corrected chi connectivity index (χ2v) is 5.28. The molecule has 0 fully saturated rings. The molecule has 0 spiro atoms. The maximum absolute atomic E-state index is 12.0. The minimum atomic E-state index is -1.17. The second-order valence-electron chi connectivity index (χ2n) is 5.28. The number of rotatable bonds is 4. The first-order chi connectivity index (χ1) is 9.15.